The molecule has 0 bridgehead atoms. The van der Waals surface area contributed by atoms with Gasteiger partial charge in [-0.3, -0.25) is 4.79 Å². The predicted octanol–water partition coefficient (Wildman–Crippen LogP) is 1.61. The lowest BCUT2D eigenvalue weighted by molar-refractivity contribution is -0.120. The lowest BCUT2D eigenvalue weighted by atomic mass is 9.96. The first kappa shape index (κ1) is 17.4. The first-order valence-corrected chi connectivity index (χ1v) is 9.81. The topological polar surface area (TPSA) is 89.3 Å². The van der Waals surface area contributed by atoms with Gasteiger partial charge in [-0.2, -0.15) is 0 Å². The molecule has 122 valence electrons. The van der Waals surface area contributed by atoms with Crippen molar-refractivity contribution in [1.82, 2.24) is 5.32 Å². The third-order valence-electron chi connectivity index (χ3n) is 3.98. The van der Waals surface area contributed by atoms with E-state index in [-0.39, 0.29) is 5.75 Å². The minimum absolute atomic E-state index is 0.142. The standard InChI is InChI=1S/C15H21BrN2O3S/c1-15(10-17,12-4-5-12)18-14(19)9-22(20,21)8-11-2-6-13(16)7-3-11/h2-3,6-7,12H,4-5,8-10,17H2,1H3,(H,18,19). The summed E-state index contributed by atoms with van der Waals surface area (Å²) in [7, 11) is -3.50. The molecule has 0 radical (unpaired) electrons. The summed E-state index contributed by atoms with van der Waals surface area (Å²) in [6, 6.07) is 7.02. The van der Waals surface area contributed by atoms with Crippen LogP contribution < -0.4 is 11.1 Å². The van der Waals surface area contributed by atoms with Crippen LogP contribution in [0, 0.1) is 5.92 Å². The van der Waals surface area contributed by atoms with E-state index in [0.29, 0.717) is 18.0 Å². The van der Waals surface area contributed by atoms with Gasteiger partial charge in [0.15, 0.2) is 9.84 Å². The molecule has 0 heterocycles. The maximum Gasteiger partial charge on any atom is 0.235 e. The van der Waals surface area contributed by atoms with E-state index in [9.17, 15) is 13.2 Å². The smallest absolute Gasteiger partial charge is 0.235 e. The van der Waals surface area contributed by atoms with Crippen LogP contribution >= 0.6 is 15.9 Å². The third kappa shape index (κ3) is 4.79. The Bertz CT molecular complexity index is 641. The van der Waals surface area contributed by atoms with Crippen molar-refractivity contribution < 1.29 is 13.2 Å². The van der Waals surface area contributed by atoms with Crippen LogP contribution in [0.5, 0.6) is 0 Å². The highest BCUT2D eigenvalue weighted by atomic mass is 79.9. The summed E-state index contributed by atoms with van der Waals surface area (Å²) in [5.74, 6) is -0.769. The van der Waals surface area contributed by atoms with E-state index in [4.69, 9.17) is 5.73 Å². The molecule has 2 rings (SSSR count). The molecule has 1 amide bonds. The normalized spacial score (nSPS) is 17.8. The van der Waals surface area contributed by atoms with Crippen LogP contribution in [0.1, 0.15) is 25.3 Å². The average Bonchev–Trinajstić information content (AvgIpc) is 3.25. The lowest BCUT2D eigenvalue weighted by Crippen LogP contribution is -2.54. The van der Waals surface area contributed by atoms with Crippen LogP contribution in [0.4, 0.5) is 0 Å². The number of benzene rings is 1. The molecule has 1 aliphatic rings. The van der Waals surface area contributed by atoms with Crippen molar-refractivity contribution in [3.8, 4) is 0 Å². The van der Waals surface area contributed by atoms with Gasteiger partial charge in [0.25, 0.3) is 0 Å². The molecule has 7 heteroatoms. The summed E-state index contributed by atoms with van der Waals surface area (Å²) >= 11 is 3.30. The van der Waals surface area contributed by atoms with Gasteiger partial charge in [0.1, 0.15) is 5.75 Å². The van der Waals surface area contributed by atoms with Crippen LogP contribution in [0.2, 0.25) is 0 Å². The number of hydrogen-bond donors (Lipinski definition) is 2. The van der Waals surface area contributed by atoms with Gasteiger partial charge in [0, 0.05) is 11.0 Å². The van der Waals surface area contributed by atoms with E-state index >= 15 is 0 Å². The Labute approximate surface area is 139 Å². The van der Waals surface area contributed by atoms with Gasteiger partial charge in [-0.25, -0.2) is 8.42 Å². The van der Waals surface area contributed by atoms with Crippen molar-refractivity contribution in [2.45, 2.75) is 31.1 Å². The molecule has 1 atom stereocenters. The van der Waals surface area contributed by atoms with E-state index in [2.05, 4.69) is 21.2 Å². The van der Waals surface area contributed by atoms with Crippen molar-refractivity contribution in [1.29, 1.82) is 0 Å². The minimum atomic E-state index is -3.50. The number of rotatable bonds is 7. The molecule has 1 aromatic rings. The Morgan fingerprint density at radius 1 is 1.36 bits per heavy atom. The summed E-state index contributed by atoms with van der Waals surface area (Å²) in [6.45, 7) is 2.19. The molecule has 3 N–H and O–H groups in total. The number of sulfone groups is 1. The second-order valence-electron chi connectivity index (χ2n) is 6.10. The highest BCUT2D eigenvalue weighted by molar-refractivity contribution is 9.10. The molecule has 1 aromatic carbocycles. The van der Waals surface area contributed by atoms with E-state index in [1.54, 1.807) is 24.3 Å². The van der Waals surface area contributed by atoms with Gasteiger partial charge in [0.05, 0.1) is 11.3 Å². The van der Waals surface area contributed by atoms with Crippen LogP contribution in [-0.4, -0.2) is 32.2 Å². The number of nitrogens with two attached hydrogens (primary N) is 1. The molecule has 1 fully saturated rings. The van der Waals surface area contributed by atoms with Crippen molar-refractivity contribution >= 4 is 31.7 Å². The van der Waals surface area contributed by atoms with Gasteiger partial charge >= 0.3 is 0 Å². The lowest BCUT2D eigenvalue weighted by Gasteiger charge is -2.29. The van der Waals surface area contributed by atoms with Crippen LogP contribution in [-0.2, 0) is 20.4 Å². The maximum absolute atomic E-state index is 12.2. The average molecular weight is 389 g/mol. The Kier molecular flexibility index (Phi) is 5.29. The molecule has 1 unspecified atom stereocenters. The fraction of sp³-hybridized carbons (Fsp3) is 0.533. The number of amides is 1. The zero-order valence-electron chi connectivity index (χ0n) is 12.5. The van der Waals surface area contributed by atoms with Crippen molar-refractivity contribution in [3.63, 3.8) is 0 Å². The molecule has 22 heavy (non-hydrogen) atoms. The van der Waals surface area contributed by atoms with Crippen LogP contribution in [0.15, 0.2) is 28.7 Å². The maximum atomic E-state index is 12.2. The summed E-state index contributed by atoms with van der Waals surface area (Å²) in [6.07, 6.45) is 2.05. The summed E-state index contributed by atoms with van der Waals surface area (Å²) in [5.41, 5.74) is 5.90. The number of nitrogens with one attached hydrogen (secondary N) is 1. The van der Waals surface area contributed by atoms with Gasteiger partial charge in [0.2, 0.25) is 5.91 Å². The third-order valence-corrected chi connectivity index (χ3v) is 5.98. The highest BCUT2D eigenvalue weighted by Crippen LogP contribution is 2.38. The number of carbonyl (C=O) groups is 1. The molecular formula is C15H21BrN2O3S. The van der Waals surface area contributed by atoms with Gasteiger partial charge in [-0.15, -0.1) is 0 Å². The summed E-state index contributed by atoms with van der Waals surface area (Å²) < 4.78 is 25.2. The second kappa shape index (κ2) is 6.68. The van der Waals surface area contributed by atoms with Crippen molar-refractivity contribution in [2.75, 3.05) is 12.3 Å². The molecule has 0 spiro atoms. The minimum Gasteiger partial charge on any atom is -0.349 e. The highest BCUT2D eigenvalue weighted by Gasteiger charge is 2.41. The zero-order chi connectivity index (χ0) is 16.4. The first-order valence-electron chi connectivity index (χ1n) is 7.20. The van der Waals surface area contributed by atoms with Crippen molar-refractivity contribution in [2.24, 2.45) is 11.7 Å². The fourth-order valence-electron chi connectivity index (χ4n) is 2.48. The zero-order valence-corrected chi connectivity index (χ0v) is 14.9. The Morgan fingerprint density at radius 3 is 2.45 bits per heavy atom. The molecule has 1 saturated carbocycles. The van der Waals surface area contributed by atoms with Gasteiger partial charge < -0.3 is 11.1 Å². The Balaban J connectivity index is 1.96. The van der Waals surface area contributed by atoms with Gasteiger partial charge in [-0.1, -0.05) is 28.1 Å². The molecule has 0 aromatic heterocycles. The Morgan fingerprint density at radius 2 is 1.95 bits per heavy atom. The molecular weight excluding hydrogens is 368 g/mol. The molecule has 5 nitrogen and oxygen atoms in total. The number of halogens is 1. The van der Waals surface area contributed by atoms with Crippen LogP contribution in [0.25, 0.3) is 0 Å². The van der Waals surface area contributed by atoms with E-state index in [0.717, 1.165) is 17.3 Å². The molecule has 1 aliphatic carbocycles. The molecule has 0 aliphatic heterocycles. The summed E-state index contributed by atoms with van der Waals surface area (Å²) in [5, 5.41) is 2.81. The predicted molar refractivity (Wildman–Crippen MR) is 90.0 cm³/mol. The first-order chi connectivity index (χ1) is 10.2. The quantitative estimate of drug-likeness (QED) is 0.742. The summed E-state index contributed by atoms with van der Waals surface area (Å²) in [4.78, 5) is 12.1. The Hall–Kier alpha value is -0.920. The number of hydrogen-bond acceptors (Lipinski definition) is 4. The molecule has 0 saturated heterocycles. The largest absolute Gasteiger partial charge is 0.349 e. The van der Waals surface area contributed by atoms with Crippen molar-refractivity contribution in [3.05, 3.63) is 34.3 Å². The monoisotopic (exact) mass is 388 g/mol. The van der Waals surface area contributed by atoms with E-state index < -0.39 is 27.0 Å². The van der Waals surface area contributed by atoms with Gasteiger partial charge in [-0.05, 0) is 43.4 Å². The van der Waals surface area contributed by atoms with E-state index in [1.807, 2.05) is 6.92 Å². The SMILES string of the molecule is CC(CN)(NC(=O)CS(=O)(=O)Cc1ccc(Br)cc1)C1CC1. The van der Waals surface area contributed by atoms with Crippen LogP contribution in [0.3, 0.4) is 0 Å². The fourth-order valence-corrected chi connectivity index (χ4v) is 4.02. The second-order valence-corrected chi connectivity index (χ2v) is 9.08. The van der Waals surface area contributed by atoms with E-state index in [1.165, 1.54) is 0 Å². The number of carbonyl (C=O) groups excluding carboxylic acids is 1.